The molecule has 4 heteroatoms. The number of hydrogen-bond acceptors (Lipinski definition) is 2. The minimum Gasteiger partial charge on any atom is -0.347 e. The van der Waals surface area contributed by atoms with Crippen LogP contribution in [-0.4, -0.2) is 39.9 Å². The Morgan fingerprint density at radius 2 is 2.25 bits per heavy atom. The van der Waals surface area contributed by atoms with Gasteiger partial charge in [0.2, 0.25) is 5.78 Å². The van der Waals surface area contributed by atoms with E-state index in [1.54, 1.807) is 0 Å². The third-order valence-corrected chi connectivity index (χ3v) is 3.56. The minimum absolute atomic E-state index is 0.109. The van der Waals surface area contributed by atoms with Crippen molar-refractivity contribution in [1.29, 1.82) is 5.41 Å². The van der Waals surface area contributed by atoms with Crippen LogP contribution in [0.3, 0.4) is 0 Å². The molecular formula is C12H14N3O+. The predicted octanol–water partition coefficient (Wildman–Crippen LogP) is 0.619. The number of rotatable bonds is 0. The van der Waals surface area contributed by atoms with Gasteiger partial charge in [0.05, 0.1) is 17.7 Å². The second-order valence-corrected chi connectivity index (χ2v) is 4.59. The molecule has 0 atom stereocenters. The van der Waals surface area contributed by atoms with Crippen LogP contribution in [0.15, 0.2) is 6.20 Å². The molecule has 3 rings (SSSR count). The maximum absolute atomic E-state index is 12.0. The van der Waals surface area contributed by atoms with Gasteiger partial charge < -0.3 is 9.98 Å². The first kappa shape index (κ1) is 9.51. The zero-order valence-corrected chi connectivity index (χ0v) is 9.50. The molecule has 82 valence electrons. The number of carbonyl (C=O) groups is 1. The monoisotopic (exact) mass is 216 g/mol. The van der Waals surface area contributed by atoms with Gasteiger partial charge in [-0.2, -0.15) is 0 Å². The fraction of sp³-hybridized carbons (Fsp3) is 0.417. The first-order chi connectivity index (χ1) is 7.59. The normalized spacial score (nSPS) is 19.1. The van der Waals surface area contributed by atoms with E-state index in [2.05, 4.69) is 4.58 Å². The van der Waals surface area contributed by atoms with Gasteiger partial charge in [0, 0.05) is 19.7 Å². The first-order valence-corrected chi connectivity index (χ1v) is 5.47. The summed E-state index contributed by atoms with van der Waals surface area (Å²) in [7, 11) is 3.93. The minimum atomic E-state index is -0.109. The molecule has 1 aliphatic heterocycles. The summed E-state index contributed by atoms with van der Waals surface area (Å²) in [5.41, 5.74) is 4.40. The van der Waals surface area contributed by atoms with Gasteiger partial charge in [-0.3, -0.25) is 4.79 Å². The van der Waals surface area contributed by atoms with Crippen LogP contribution >= 0.6 is 0 Å². The van der Waals surface area contributed by atoms with Crippen LogP contribution in [0.1, 0.15) is 28.0 Å². The van der Waals surface area contributed by atoms with Crippen LogP contribution in [0.4, 0.5) is 0 Å². The number of carbonyl (C=O) groups excluding carboxylic acids is 1. The van der Waals surface area contributed by atoms with Gasteiger partial charge >= 0.3 is 0 Å². The molecule has 0 radical (unpaired) electrons. The van der Waals surface area contributed by atoms with E-state index >= 15 is 0 Å². The van der Waals surface area contributed by atoms with Gasteiger partial charge in [-0.25, -0.2) is 4.58 Å². The molecule has 0 aromatic carbocycles. The van der Waals surface area contributed by atoms with E-state index in [1.807, 2.05) is 24.9 Å². The highest BCUT2D eigenvalue weighted by Crippen LogP contribution is 2.27. The van der Waals surface area contributed by atoms with Crippen molar-refractivity contribution in [3.8, 4) is 0 Å². The molecule has 16 heavy (non-hydrogen) atoms. The first-order valence-electron chi connectivity index (χ1n) is 5.47. The Morgan fingerprint density at radius 1 is 1.50 bits per heavy atom. The topological polar surface area (TPSA) is 48.9 Å². The molecule has 0 amide bonds. The Balaban J connectivity index is 2.38. The third kappa shape index (κ3) is 1.01. The Bertz CT molecular complexity index is 563. The van der Waals surface area contributed by atoms with Crippen LogP contribution in [0.2, 0.25) is 0 Å². The van der Waals surface area contributed by atoms with Gasteiger partial charge in [-0.1, -0.05) is 0 Å². The fourth-order valence-corrected chi connectivity index (χ4v) is 2.70. The van der Waals surface area contributed by atoms with Crippen LogP contribution < -0.4 is 0 Å². The third-order valence-electron chi connectivity index (χ3n) is 3.56. The number of Topliss-reactive ketones (excluding diaryl/α,β-unsaturated/α-hetero) is 1. The Kier molecular flexibility index (Phi) is 1.73. The smallest absolute Gasteiger partial charge is 0.224 e. The van der Waals surface area contributed by atoms with Crippen molar-refractivity contribution in [3.05, 3.63) is 23.0 Å². The van der Waals surface area contributed by atoms with Gasteiger partial charge in [0.1, 0.15) is 19.3 Å². The molecule has 0 saturated carbocycles. The zero-order chi connectivity index (χ0) is 11.4. The maximum Gasteiger partial charge on any atom is 0.224 e. The molecule has 2 heterocycles. The van der Waals surface area contributed by atoms with E-state index in [9.17, 15) is 4.79 Å². The molecule has 0 spiro atoms. The molecular weight excluding hydrogens is 202 g/mol. The highest BCUT2D eigenvalue weighted by molar-refractivity contribution is 6.51. The van der Waals surface area contributed by atoms with Gasteiger partial charge in [-0.05, 0) is 5.56 Å². The molecule has 0 saturated heterocycles. The SMILES string of the molecule is Cn1cc2c3c1C(=O)C(=N)CC3=[N+](C)CC2. The van der Waals surface area contributed by atoms with Gasteiger partial charge in [0.15, 0.2) is 5.71 Å². The summed E-state index contributed by atoms with van der Waals surface area (Å²) < 4.78 is 4.05. The van der Waals surface area contributed by atoms with E-state index in [0.29, 0.717) is 12.1 Å². The van der Waals surface area contributed by atoms with Crippen molar-refractivity contribution in [2.45, 2.75) is 12.8 Å². The summed E-state index contributed by atoms with van der Waals surface area (Å²) in [4.78, 5) is 12.0. The number of aromatic nitrogens is 1. The number of ketones is 1. The van der Waals surface area contributed by atoms with Gasteiger partial charge in [-0.15, -0.1) is 0 Å². The number of hydrogen-bond donors (Lipinski definition) is 1. The largest absolute Gasteiger partial charge is 0.347 e. The Labute approximate surface area is 93.7 Å². The summed E-state index contributed by atoms with van der Waals surface area (Å²) in [6, 6.07) is 0. The molecule has 2 aliphatic rings. The Hall–Kier alpha value is -1.71. The fourth-order valence-electron chi connectivity index (χ4n) is 2.70. The van der Waals surface area contributed by atoms with Crippen LogP contribution in [-0.2, 0) is 13.5 Å². The molecule has 1 N–H and O–H groups in total. The molecule has 1 aliphatic carbocycles. The van der Waals surface area contributed by atoms with Crippen molar-refractivity contribution < 1.29 is 9.37 Å². The second-order valence-electron chi connectivity index (χ2n) is 4.59. The van der Waals surface area contributed by atoms with Crippen LogP contribution in [0.5, 0.6) is 0 Å². The van der Waals surface area contributed by atoms with Crippen molar-refractivity contribution in [2.24, 2.45) is 7.05 Å². The lowest BCUT2D eigenvalue weighted by Gasteiger charge is -2.18. The number of nitrogens with one attached hydrogen (secondary N) is 1. The van der Waals surface area contributed by atoms with E-state index in [1.165, 1.54) is 5.56 Å². The van der Waals surface area contributed by atoms with E-state index < -0.39 is 0 Å². The molecule has 0 unspecified atom stereocenters. The lowest BCUT2D eigenvalue weighted by molar-refractivity contribution is -0.498. The molecule has 0 fully saturated rings. The summed E-state index contributed by atoms with van der Waals surface area (Å²) in [6.45, 7) is 0.979. The maximum atomic E-state index is 12.0. The standard InChI is InChI=1S/C12H14N3O/c1-14-4-3-7-6-15(2)11-10(7)9(14)5-8(13)12(11)16/h6,13H,3-5H2,1-2H3/q+1. The second kappa shape index (κ2) is 2.90. The van der Waals surface area contributed by atoms with Crippen molar-refractivity contribution in [3.63, 3.8) is 0 Å². The van der Waals surface area contributed by atoms with Gasteiger partial charge in [0.25, 0.3) is 0 Å². The van der Waals surface area contributed by atoms with Crippen molar-refractivity contribution >= 4 is 17.2 Å². The zero-order valence-electron chi connectivity index (χ0n) is 9.50. The van der Waals surface area contributed by atoms with E-state index in [0.717, 1.165) is 24.2 Å². The highest BCUT2D eigenvalue weighted by Gasteiger charge is 2.38. The van der Waals surface area contributed by atoms with E-state index in [-0.39, 0.29) is 11.5 Å². The Morgan fingerprint density at radius 3 is 3.00 bits per heavy atom. The van der Waals surface area contributed by atoms with Crippen LogP contribution in [0.25, 0.3) is 0 Å². The van der Waals surface area contributed by atoms with E-state index in [4.69, 9.17) is 5.41 Å². The van der Waals surface area contributed by atoms with Crippen molar-refractivity contribution in [1.82, 2.24) is 4.57 Å². The average molecular weight is 216 g/mol. The summed E-state index contributed by atoms with van der Waals surface area (Å²) in [6.07, 6.45) is 3.51. The van der Waals surface area contributed by atoms with Crippen molar-refractivity contribution in [2.75, 3.05) is 13.6 Å². The lowest BCUT2D eigenvalue weighted by atomic mass is 9.87. The quantitative estimate of drug-likeness (QED) is 0.635. The summed E-state index contributed by atoms with van der Waals surface area (Å²) in [5.74, 6) is -0.109. The molecule has 1 aromatic heterocycles. The predicted molar refractivity (Wildman–Crippen MR) is 61.0 cm³/mol. The average Bonchev–Trinajstić information content (AvgIpc) is 2.57. The summed E-state index contributed by atoms with van der Waals surface area (Å²) in [5, 5.41) is 7.77. The molecule has 1 aromatic rings. The number of likely N-dealkylation sites (N-methyl/N-ethyl adjacent to an activating group) is 1. The lowest BCUT2D eigenvalue weighted by Crippen LogP contribution is -2.36. The molecule has 0 bridgehead atoms. The molecule has 4 nitrogen and oxygen atoms in total. The number of aryl methyl sites for hydroxylation is 1. The summed E-state index contributed by atoms with van der Waals surface area (Å²) >= 11 is 0. The number of nitrogens with zero attached hydrogens (tertiary/aromatic N) is 2. The van der Waals surface area contributed by atoms with Crippen LogP contribution in [0, 0.1) is 5.41 Å². The highest BCUT2D eigenvalue weighted by atomic mass is 16.1.